The first-order valence-corrected chi connectivity index (χ1v) is 24.9. The fourth-order valence-electron chi connectivity index (χ4n) is 6.13. The second-order valence-corrected chi connectivity index (χ2v) is 20.0. The predicted molar refractivity (Wildman–Crippen MR) is 252 cm³/mol. The van der Waals surface area contributed by atoms with E-state index in [1.807, 2.05) is 12.1 Å². The van der Waals surface area contributed by atoms with Gasteiger partial charge in [0.2, 0.25) is 5.91 Å². The summed E-state index contributed by atoms with van der Waals surface area (Å²) < 4.78 is 101. The van der Waals surface area contributed by atoms with E-state index in [9.17, 15) is 64.3 Å². The number of nitriles is 3. The first-order chi connectivity index (χ1) is 32.9. The average molecular weight is 1060 g/mol. The molecule has 6 aromatic rings. The number of benzene rings is 4. The Morgan fingerprint density at radius 2 is 1.29 bits per heavy atom. The van der Waals surface area contributed by atoms with Gasteiger partial charge in [0.15, 0.2) is 16.6 Å². The number of thiophene rings is 1. The van der Waals surface area contributed by atoms with Crippen LogP contribution in [-0.4, -0.2) is 60.9 Å². The average Bonchev–Trinajstić information content (AvgIpc) is 3.64. The fourth-order valence-corrected chi connectivity index (χ4v) is 9.55. The summed E-state index contributed by atoms with van der Waals surface area (Å²) in [5.41, 5.74) is -0.764. The molecular formula is C41H27Cl2N11O12S4. The molecular weight excluding hydrogens is 1040 g/mol. The van der Waals surface area contributed by atoms with Crippen LogP contribution in [0, 0.1) is 40.9 Å². The molecule has 0 fully saturated rings. The molecule has 7 N–H and O–H groups in total. The number of anilines is 5. The van der Waals surface area contributed by atoms with Crippen molar-refractivity contribution in [3.8, 4) is 29.3 Å². The predicted octanol–water partition coefficient (Wildman–Crippen LogP) is 9.90. The molecule has 2 heterocycles. The number of azo groups is 2. The van der Waals surface area contributed by atoms with E-state index >= 15 is 0 Å². The number of halogens is 2. The quantitative estimate of drug-likeness (QED) is 0.0350. The fraction of sp³-hybridized carbons (Fsp3) is 0.0732. The van der Waals surface area contributed by atoms with Crippen LogP contribution in [0.3, 0.4) is 0 Å². The van der Waals surface area contributed by atoms with Crippen molar-refractivity contribution in [2.24, 2.45) is 20.5 Å². The van der Waals surface area contributed by atoms with Crippen LogP contribution in [0.15, 0.2) is 114 Å². The second kappa shape index (κ2) is 20.9. The standard InChI is InChI=1S/C41H27Cl2N11O12S4/c1-20-27(18-45)38(48-24-5-8-29(42)32(15-24)69(61,62)63)50-39(49-25-6-9-30(43)33(16-25)70(64,65)66)37(20)52-53-40-28(19-46)36(21-3-2-4-23(13-21)47-34(55)11-12-35(56)57)41(67-40)54-51-31-10-7-26(68(58,59)60)14-22(31)17-44/h2-10,13-16H,11-12H2,1H3,(H,47,55)(H,56,57)(H2,48,49,50)(H,58,59,60)(H,61,62,63)(H,64,65,66). The summed E-state index contributed by atoms with van der Waals surface area (Å²) in [4.78, 5) is 26.1. The number of carboxylic acid groups (broad SMARTS) is 1. The first kappa shape index (κ1) is 51.6. The second-order valence-electron chi connectivity index (χ2n) is 14.0. The Labute approximate surface area is 410 Å². The zero-order chi connectivity index (χ0) is 51.3. The Balaban J connectivity index is 1.55. The van der Waals surface area contributed by atoms with Crippen molar-refractivity contribution in [3.05, 3.63) is 111 Å². The molecule has 2 aromatic heterocycles. The molecule has 0 spiro atoms. The van der Waals surface area contributed by atoms with Crippen molar-refractivity contribution < 1.29 is 53.6 Å². The molecule has 70 heavy (non-hydrogen) atoms. The molecule has 356 valence electrons. The monoisotopic (exact) mass is 1060 g/mol. The van der Waals surface area contributed by atoms with E-state index in [1.54, 1.807) is 6.07 Å². The minimum atomic E-state index is -4.88. The molecule has 0 unspecified atom stereocenters. The topological polar surface area (TPSA) is 387 Å². The van der Waals surface area contributed by atoms with Crippen molar-refractivity contribution >= 4 is 127 Å². The number of amides is 1. The minimum absolute atomic E-state index is 0.0260. The number of aliphatic carboxylic acids is 1. The third-order valence-corrected chi connectivity index (χ3v) is 13.8. The number of pyridine rings is 1. The van der Waals surface area contributed by atoms with Gasteiger partial charge in [0.05, 0.1) is 32.5 Å². The number of hydrogen-bond acceptors (Lipinski definition) is 19. The largest absolute Gasteiger partial charge is 0.481 e. The van der Waals surface area contributed by atoms with Crippen LogP contribution in [-0.2, 0) is 39.9 Å². The summed E-state index contributed by atoms with van der Waals surface area (Å²) >= 11 is 12.8. The molecule has 0 bridgehead atoms. The molecule has 0 saturated carbocycles. The van der Waals surface area contributed by atoms with Gasteiger partial charge in [-0.15, -0.1) is 20.5 Å². The van der Waals surface area contributed by atoms with Gasteiger partial charge in [0.1, 0.15) is 49.9 Å². The number of nitrogens with zero attached hydrogens (tertiary/aromatic N) is 8. The number of rotatable bonds is 16. The highest BCUT2D eigenvalue weighted by molar-refractivity contribution is 7.86. The van der Waals surface area contributed by atoms with Crippen LogP contribution in [0.5, 0.6) is 0 Å². The molecule has 23 nitrogen and oxygen atoms in total. The molecule has 0 atom stereocenters. The van der Waals surface area contributed by atoms with Gasteiger partial charge in [-0.2, -0.15) is 41.0 Å². The highest BCUT2D eigenvalue weighted by Crippen LogP contribution is 2.49. The molecule has 0 aliphatic rings. The van der Waals surface area contributed by atoms with Gasteiger partial charge in [-0.1, -0.05) is 46.7 Å². The zero-order valence-electron chi connectivity index (χ0n) is 34.9. The Hall–Kier alpha value is -7.75. The van der Waals surface area contributed by atoms with Crippen LogP contribution in [0.25, 0.3) is 11.1 Å². The van der Waals surface area contributed by atoms with Crippen molar-refractivity contribution in [1.82, 2.24) is 4.98 Å². The lowest BCUT2D eigenvalue weighted by atomic mass is 10.0. The van der Waals surface area contributed by atoms with E-state index in [4.69, 9.17) is 28.3 Å². The van der Waals surface area contributed by atoms with Gasteiger partial charge in [-0.05, 0) is 79.2 Å². The van der Waals surface area contributed by atoms with Crippen LogP contribution < -0.4 is 16.0 Å². The third kappa shape index (κ3) is 12.1. The van der Waals surface area contributed by atoms with E-state index < -0.39 is 63.3 Å². The van der Waals surface area contributed by atoms with Crippen LogP contribution in [0.1, 0.15) is 35.1 Å². The maximum absolute atomic E-state index is 12.6. The number of nitrogens with one attached hydrogen (secondary N) is 3. The number of carbonyl (C=O) groups excluding carboxylic acids is 1. The highest BCUT2D eigenvalue weighted by atomic mass is 35.5. The normalized spacial score (nSPS) is 11.8. The summed E-state index contributed by atoms with van der Waals surface area (Å²) in [6.07, 6.45) is -0.829. The lowest BCUT2D eigenvalue weighted by molar-refractivity contribution is -0.138. The zero-order valence-corrected chi connectivity index (χ0v) is 39.7. The van der Waals surface area contributed by atoms with Crippen molar-refractivity contribution in [2.75, 3.05) is 16.0 Å². The smallest absolute Gasteiger partial charge is 0.303 e. The minimum Gasteiger partial charge on any atom is -0.481 e. The van der Waals surface area contributed by atoms with Crippen LogP contribution >= 0.6 is 34.5 Å². The molecule has 0 radical (unpaired) electrons. The molecule has 29 heteroatoms. The van der Waals surface area contributed by atoms with Crippen molar-refractivity contribution in [3.63, 3.8) is 0 Å². The molecule has 1 amide bonds. The van der Waals surface area contributed by atoms with Gasteiger partial charge in [-0.3, -0.25) is 23.2 Å². The molecule has 4 aromatic carbocycles. The van der Waals surface area contributed by atoms with Gasteiger partial charge in [-0.25, -0.2) is 4.98 Å². The summed E-state index contributed by atoms with van der Waals surface area (Å²) in [5, 5.41) is 64.2. The van der Waals surface area contributed by atoms with Gasteiger partial charge < -0.3 is 21.1 Å². The van der Waals surface area contributed by atoms with Crippen LogP contribution in [0.4, 0.5) is 50.1 Å². The van der Waals surface area contributed by atoms with E-state index in [0.717, 1.165) is 42.5 Å². The Kier molecular flexibility index (Phi) is 15.4. The van der Waals surface area contributed by atoms with Crippen molar-refractivity contribution in [1.29, 1.82) is 15.8 Å². The molecule has 0 aliphatic carbocycles. The molecule has 0 saturated heterocycles. The van der Waals surface area contributed by atoms with Gasteiger partial charge >= 0.3 is 5.97 Å². The lowest BCUT2D eigenvalue weighted by Gasteiger charge is -2.16. The highest BCUT2D eigenvalue weighted by Gasteiger charge is 2.25. The van der Waals surface area contributed by atoms with E-state index in [2.05, 4.69) is 41.4 Å². The SMILES string of the molecule is Cc1c(C#N)c(Nc2ccc(Cl)c(S(=O)(=O)O)c2)nc(Nc2ccc(Cl)c(S(=O)(=O)O)c2)c1N=Nc1sc(N=Nc2ccc(S(=O)(=O)O)cc2C#N)c(-c2cccc(NC(=O)CCC(=O)O)c2)c1C#N. The van der Waals surface area contributed by atoms with Gasteiger partial charge in [0, 0.05) is 34.6 Å². The number of carboxylic acids is 1. The van der Waals surface area contributed by atoms with E-state index in [1.165, 1.54) is 43.3 Å². The number of aromatic nitrogens is 1. The van der Waals surface area contributed by atoms with E-state index in [-0.39, 0.29) is 99.9 Å². The summed E-state index contributed by atoms with van der Waals surface area (Å²) in [6, 6.07) is 21.4. The number of hydrogen-bond donors (Lipinski definition) is 7. The Morgan fingerprint density at radius 3 is 1.84 bits per heavy atom. The molecule has 6 rings (SSSR count). The molecule has 0 aliphatic heterocycles. The van der Waals surface area contributed by atoms with E-state index in [0.29, 0.717) is 11.3 Å². The maximum Gasteiger partial charge on any atom is 0.303 e. The Morgan fingerprint density at radius 1 is 0.686 bits per heavy atom. The summed E-state index contributed by atoms with van der Waals surface area (Å²) in [6.45, 7) is 1.41. The van der Waals surface area contributed by atoms with Crippen LogP contribution in [0.2, 0.25) is 10.0 Å². The summed E-state index contributed by atoms with van der Waals surface area (Å²) in [7, 11) is -14.4. The first-order valence-electron chi connectivity index (χ1n) is 19.0. The summed E-state index contributed by atoms with van der Waals surface area (Å²) in [5.74, 6) is -2.37. The lowest BCUT2D eigenvalue weighted by Crippen LogP contribution is -2.13. The number of carbonyl (C=O) groups is 2. The maximum atomic E-state index is 12.6. The van der Waals surface area contributed by atoms with Gasteiger partial charge in [0.25, 0.3) is 30.4 Å². The van der Waals surface area contributed by atoms with Crippen molar-refractivity contribution in [2.45, 2.75) is 34.5 Å². The Bertz CT molecular complexity index is 3720. The third-order valence-electron chi connectivity index (χ3n) is 9.33.